The van der Waals surface area contributed by atoms with Crippen LogP contribution < -0.4 is 0 Å². The van der Waals surface area contributed by atoms with Crippen LogP contribution in [0.5, 0.6) is 0 Å². The minimum atomic E-state index is -2.88. The van der Waals surface area contributed by atoms with Gasteiger partial charge in [0.25, 0.3) is 0 Å². The van der Waals surface area contributed by atoms with E-state index in [1.54, 1.807) is 0 Å². The molecule has 2 rings (SSSR count). The lowest BCUT2D eigenvalue weighted by Gasteiger charge is -2.34. The maximum Gasteiger partial charge on any atom is 0.223 e. The zero-order valence-corrected chi connectivity index (χ0v) is 13.7. The van der Waals surface area contributed by atoms with E-state index in [0.29, 0.717) is 24.8 Å². The molecule has 1 aliphatic heterocycles. The predicted octanol–water partition coefficient (Wildman–Crippen LogP) is 2.24. The number of carbonyl (C=O) groups is 1. The van der Waals surface area contributed by atoms with E-state index >= 15 is 0 Å². The van der Waals surface area contributed by atoms with Crippen LogP contribution in [0.4, 0.5) is 0 Å². The van der Waals surface area contributed by atoms with E-state index in [-0.39, 0.29) is 29.4 Å². The van der Waals surface area contributed by atoms with Gasteiger partial charge in [-0.25, -0.2) is 8.42 Å². The summed E-state index contributed by atoms with van der Waals surface area (Å²) in [5.74, 6) is 1.16. The number of hydrogen-bond donors (Lipinski definition) is 0. The first-order chi connectivity index (χ1) is 9.34. The number of rotatable bonds is 6. The monoisotopic (exact) mass is 301 g/mol. The fourth-order valence-electron chi connectivity index (χ4n) is 3.12. The molecule has 1 heterocycles. The average Bonchev–Trinajstić information content (AvgIpc) is 3.13. The van der Waals surface area contributed by atoms with Gasteiger partial charge in [-0.15, -0.1) is 0 Å². The van der Waals surface area contributed by atoms with E-state index in [1.807, 2.05) is 0 Å². The van der Waals surface area contributed by atoms with Crippen molar-refractivity contribution in [3.05, 3.63) is 0 Å². The molecule has 116 valence electrons. The zero-order chi connectivity index (χ0) is 14.9. The summed E-state index contributed by atoms with van der Waals surface area (Å²) in [6, 6.07) is 0.669. The fraction of sp³-hybridized carbons (Fsp3) is 0.933. The molecule has 1 amide bonds. The summed E-state index contributed by atoms with van der Waals surface area (Å²) < 4.78 is 23.0. The van der Waals surface area contributed by atoms with Gasteiger partial charge in [-0.05, 0) is 38.0 Å². The summed E-state index contributed by atoms with van der Waals surface area (Å²) in [5.41, 5.74) is 0. The van der Waals surface area contributed by atoms with Crippen molar-refractivity contribution in [3.63, 3.8) is 0 Å². The van der Waals surface area contributed by atoms with E-state index in [1.165, 1.54) is 0 Å². The van der Waals surface area contributed by atoms with Gasteiger partial charge >= 0.3 is 0 Å². The van der Waals surface area contributed by atoms with Crippen LogP contribution in [0.25, 0.3) is 0 Å². The van der Waals surface area contributed by atoms with E-state index in [2.05, 4.69) is 25.7 Å². The minimum Gasteiger partial charge on any atom is -0.337 e. The Kier molecular flexibility index (Phi) is 4.77. The van der Waals surface area contributed by atoms with Crippen molar-refractivity contribution in [1.29, 1.82) is 0 Å². The molecule has 1 saturated heterocycles. The second-order valence-corrected chi connectivity index (χ2v) is 8.86. The Labute approximate surface area is 122 Å². The number of nitrogens with zero attached hydrogens (tertiary/aromatic N) is 1. The standard InChI is InChI=1S/C15H27NO3S/c1-4-11(2)12(3)16(14-5-6-14)15(17)9-13-7-8-20(18,19)10-13/h11-14H,4-10H2,1-3H3. The third-order valence-electron chi connectivity index (χ3n) is 4.92. The molecule has 1 saturated carbocycles. The summed E-state index contributed by atoms with van der Waals surface area (Å²) in [7, 11) is -2.88. The van der Waals surface area contributed by atoms with Crippen LogP contribution >= 0.6 is 0 Å². The second-order valence-electron chi connectivity index (χ2n) is 6.63. The van der Waals surface area contributed by atoms with E-state index in [9.17, 15) is 13.2 Å². The SMILES string of the molecule is CCC(C)C(C)N(C(=O)CC1CCS(=O)(=O)C1)C1CC1. The first-order valence-corrected chi connectivity index (χ1v) is 9.67. The van der Waals surface area contributed by atoms with Crippen LogP contribution in [-0.4, -0.2) is 42.8 Å². The molecule has 4 nitrogen and oxygen atoms in total. The molecular weight excluding hydrogens is 274 g/mol. The highest BCUT2D eigenvalue weighted by atomic mass is 32.2. The van der Waals surface area contributed by atoms with Gasteiger partial charge in [-0.1, -0.05) is 20.3 Å². The van der Waals surface area contributed by atoms with Crippen molar-refractivity contribution in [1.82, 2.24) is 4.90 Å². The minimum absolute atomic E-state index is 0.0397. The quantitative estimate of drug-likeness (QED) is 0.756. The maximum absolute atomic E-state index is 12.6. The Morgan fingerprint density at radius 1 is 1.25 bits per heavy atom. The van der Waals surface area contributed by atoms with E-state index < -0.39 is 9.84 Å². The Hall–Kier alpha value is -0.580. The van der Waals surface area contributed by atoms with Crippen molar-refractivity contribution in [2.75, 3.05) is 11.5 Å². The van der Waals surface area contributed by atoms with Gasteiger partial charge in [0.2, 0.25) is 5.91 Å². The van der Waals surface area contributed by atoms with Gasteiger partial charge < -0.3 is 4.90 Å². The Balaban J connectivity index is 1.97. The zero-order valence-electron chi connectivity index (χ0n) is 12.8. The summed E-state index contributed by atoms with van der Waals surface area (Å²) in [5, 5.41) is 0. The van der Waals surface area contributed by atoms with Gasteiger partial charge in [-0.2, -0.15) is 0 Å². The number of carbonyl (C=O) groups excluding carboxylic acids is 1. The summed E-state index contributed by atoms with van der Waals surface area (Å²) >= 11 is 0. The van der Waals surface area contributed by atoms with Crippen molar-refractivity contribution in [2.24, 2.45) is 11.8 Å². The number of sulfone groups is 1. The fourth-order valence-corrected chi connectivity index (χ4v) is 4.98. The topological polar surface area (TPSA) is 54.5 Å². The maximum atomic E-state index is 12.6. The van der Waals surface area contributed by atoms with Crippen LogP contribution in [0.15, 0.2) is 0 Å². The van der Waals surface area contributed by atoms with E-state index in [0.717, 1.165) is 19.3 Å². The lowest BCUT2D eigenvalue weighted by atomic mass is 9.97. The van der Waals surface area contributed by atoms with Crippen LogP contribution in [0.1, 0.15) is 52.9 Å². The van der Waals surface area contributed by atoms with Gasteiger partial charge in [0.15, 0.2) is 9.84 Å². The Morgan fingerprint density at radius 3 is 2.35 bits per heavy atom. The third-order valence-corrected chi connectivity index (χ3v) is 6.76. The third kappa shape index (κ3) is 3.74. The molecule has 0 bridgehead atoms. The van der Waals surface area contributed by atoms with E-state index in [4.69, 9.17) is 0 Å². The molecule has 3 atom stereocenters. The second kappa shape index (κ2) is 6.04. The molecule has 3 unspecified atom stereocenters. The predicted molar refractivity (Wildman–Crippen MR) is 80.2 cm³/mol. The highest BCUT2D eigenvalue weighted by Gasteiger charge is 2.39. The Morgan fingerprint density at radius 2 is 1.90 bits per heavy atom. The first-order valence-electron chi connectivity index (χ1n) is 7.85. The van der Waals surface area contributed by atoms with Crippen molar-refractivity contribution < 1.29 is 13.2 Å². The van der Waals surface area contributed by atoms with Crippen molar-refractivity contribution in [3.8, 4) is 0 Å². The summed E-state index contributed by atoms with van der Waals surface area (Å²) in [6.07, 6.45) is 4.35. The molecule has 1 aliphatic carbocycles. The molecule has 0 spiro atoms. The van der Waals surface area contributed by atoms with Crippen LogP contribution in [0.3, 0.4) is 0 Å². The van der Waals surface area contributed by atoms with Gasteiger partial charge in [-0.3, -0.25) is 4.79 Å². The largest absolute Gasteiger partial charge is 0.337 e. The molecule has 2 fully saturated rings. The highest BCUT2D eigenvalue weighted by Crippen LogP contribution is 2.33. The molecule has 0 aromatic rings. The number of amides is 1. The lowest BCUT2D eigenvalue weighted by Crippen LogP contribution is -2.44. The van der Waals surface area contributed by atoms with Crippen LogP contribution in [0, 0.1) is 11.8 Å². The first kappa shape index (κ1) is 15.8. The van der Waals surface area contributed by atoms with Crippen LogP contribution in [0.2, 0.25) is 0 Å². The smallest absolute Gasteiger partial charge is 0.223 e. The normalized spacial score (nSPS) is 28.1. The van der Waals surface area contributed by atoms with Crippen molar-refractivity contribution in [2.45, 2.75) is 65.0 Å². The summed E-state index contributed by atoms with van der Waals surface area (Å²) in [4.78, 5) is 14.6. The molecular formula is C15H27NO3S. The van der Waals surface area contributed by atoms with Crippen LogP contribution in [-0.2, 0) is 14.6 Å². The van der Waals surface area contributed by atoms with Crippen molar-refractivity contribution >= 4 is 15.7 Å². The molecule has 0 N–H and O–H groups in total. The molecule has 20 heavy (non-hydrogen) atoms. The average molecular weight is 301 g/mol. The molecule has 5 heteroatoms. The molecule has 0 aromatic carbocycles. The van der Waals surface area contributed by atoms with Gasteiger partial charge in [0, 0.05) is 18.5 Å². The Bertz CT molecular complexity index is 456. The summed E-state index contributed by atoms with van der Waals surface area (Å²) in [6.45, 7) is 6.48. The molecule has 0 aromatic heterocycles. The molecule has 2 aliphatic rings. The lowest BCUT2D eigenvalue weighted by molar-refractivity contribution is -0.135. The van der Waals surface area contributed by atoms with Gasteiger partial charge in [0.05, 0.1) is 11.5 Å². The highest BCUT2D eigenvalue weighted by molar-refractivity contribution is 7.91. The molecule has 0 radical (unpaired) electrons. The van der Waals surface area contributed by atoms with Gasteiger partial charge in [0.1, 0.15) is 0 Å². The number of hydrogen-bond acceptors (Lipinski definition) is 3.